The number of carboxylic acid groups (broad SMARTS) is 2. The van der Waals surface area contributed by atoms with E-state index in [2.05, 4.69) is 20.0 Å². The third-order valence-corrected chi connectivity index (χ3v) is 7.34. The van der Waals surface area contributed by atoms with Crippen LogP contribution in [0.15, 0.2) is 36.7 Å². The summed E-state index contributed by atoms with van der Waals surface area (Å²) in [4.78, 5) is 46.9. The number of hydrogen-bond acceptors (Lipinski definition) is 13. The SMILES string of the molecule is CC(C)OC(=O)[C@H](C)N[P@@](=O)(CO[C@H](C)Cn1cnc2c(N)nc(O[C@H](C(=O)O)[C@H](O)C(=O)O)nc21)Oc1ccccc1. The van der Waals surface area contributed by atoms with E-state index in [9.17, 15) is 29.2 Å². The Morgan fingerprint density at radius 1 is 1.07 bits per heavy atom. The third-order valence-electron chi connectivity index (χ3n) is 5.56. The quantitative estimate of drug-likeness (QED) is 0.111. The van der Waals surface area contributed by atoms with Crippen LogP contribution in [0, 0.1) is 0 Å². The van der Waals surface area contributed by atoms with Crippen LogP contribution in [-0.4, -0.2) is 89.6 Å². The number of aromatic nitrogens is 4. The monoisotopic (exact) mass is 624 g/mol. The van der Waals surface area contributed by atoms with Crippen molar-refractivity contribution in [2.45, 2.75) is 64.7 Å². The molecule has 43 heavy (non-hydrogen) atoms. The number of rotatable bonds is 16. The molecule has 0 aliphatic heterocycles. The van der Waals surface area contributed by atoms with Crippen LogP contribution in [0.25, 0.3) is 11.2 Å². The minimum Gasteiger partial charge on any atom is -0.479 e. The zero-order valence-corrected chi connectivity index (χ0v) is 24.6. The predicted octanol–water partition coefficient (Wildman–Crippen LogP) is 1.25. The van der Waals surface area contributed by atoms with Crippen molar-refractivity contribution >= 4 is 42.4 Å². The Balaban J connectivity index is 1.78. The van der Waals surface area contributed by atoms with Crippen LogP contribution in [0.1, 0.15) is 27.7 Å². The molecule has 0 aliphatic carbocycles. The molecule has 1 aromatic carbocycles. The van der Waals surface area contributed by atoms with Gasteiger partial charge in [0.15, 0.2) is 23.1 Å². The van der Waals surface area contributed by atoms with E-state index in [0.29, 0.717) is 0 Å². The topological polar surface area (TPSA) is 248 Å². The average molecular weight is 625 g/mol. The largest absolute Gasteiger partial charge is 0.479 e. The molecule has 2 aromatic heterocycles. The first kappa shape index (κ1) is 33.2. The van der Waals surface area contributed by atoms with Crippen molar-refractivity contribution in [1.29, 1.82) is 0 Å². The fraction of sp³-hybridized carbons (Fsp3) is 0.440. The summed E-state index contributed by atoms with van der Waals surface area (Å²) in [5.74, 6) is -4.14. The van der Waals surface area contributed by atoms with Gasteiger partial charge in [-0.25, -0.2) is 19.7 Å². The molecule has 234 valence electrons. The van der Waals surface area contributed by atoms with Crippen molar-refractivity contribution in [1.82, 2.24) is 24.6 Å². The zero-order chi connectivity index (χ0) is 31.9. The number of fused-ring (bicyclic) bond motifs is 1. The Hall–Kier alpha value is -4.31. The number of nitrogens with zero attached hydrogens (tertiary/aromatic N) is 4. The van der Waals surface area contributed by atoms with Gasteiger partial charge in [0.05, 0.1) is 25.1 Å². The van der Waals surface area contributed by atoms with Crippen molar-refractivity contribution in [3.63, 3.8) is 0 Å². The molecule has 0 unspecified atom stereocenters. The van der Waals surface area contributed by atoms with Gasteiger partial charge in [0.2, 0.25) is 6.10 Å². The molecule has 0 bridgehead atoms. The molecule has 0 aliphatic rings. The van der Waals surface area contributed by atoms with Gasteiger partial charge < -0.3 is 44.4 Å². The third kappa shape index (κ3) is 9.09. The molecule has 0 spiro atoms. The van der Waals surface area contributed by atoms with Gasteiger partial charge in [-0.1, -0.05) is 18.2 Å². The number of ether oxygens (including phenoxy) is 3. The number of nitrogen functional groups attached to an aromatic ring is 1. The maximum absolute atomic E-state index is 13.8. The van der Waals surface area contributed by atoms with Crippen LogP contribution in [0.3, 0.4) is 0 Å². The summed E-state index contributed by atoms with van der Waals surface area (Å²) in [5.41, 5.74) is 6.12. The minimum absolute atomic E-state index is 0.0583. The fourth-order valence-electron chi connectivity index (χ4n) is 3.60. The highest BCUT2D eigenvalue weighted by molar-refractivity contribution is 7.57. The summed E-state index contributed by atoms with van der Waals surface area (Å²) in [6, 6.07) is 6.74. The highest BCUT2D eigenvalue weighted by Crippen LogP contribution is 2.44. The van der Waals surface area contributed by atoms with Crippen LogP contribution in [0.5, 0.6) is 11.8 Å². The highest BCUT2D eigenvalue weighted by Gasteiger charge is 2.36. The number of anilines is 1. The number of aliphatic hydroxyl groups excluding tert-OH is 1. The standard InChI is InChI=1S/C25H33N6O11P/c1-13(2)40-24(37)15(4)30-43(38,42-16-8-6-5-7-9-16)12-39-14(3)10-31-11-27-17-20(26)28-25(29-21(17)31)41-19(23(35)36)18(32)22(33)34/h5-9,11,13-15,18-19,32H,10,12H2,1-4H3,(H,30,38)(H,33,34)(H,35,36)(H2,26,28,29)/t14-,15+,18+,19+,43-/m1/s1. The molecule has 0 saturated carbocycles. The molecule has 2 heterocycles. The van der Waals surface area contributed by atoms with E-state index in [4.69, 9.17) is 29.6 Å². The Morgan fingerprint density at radius 2 is 1.74 bits per heavy atom. The van der Waals surface area contributed by atoms with Gasteiger partial charge in [0, 0.05) is 0 Å². The minimum atomic E-state index is -3.84. The lowest BCUT2D eigenvalue weighted by molar-refractivity contribution is -0.164. The summed E-state index contributed by atoms with van der Waals surface area (Å²) >= 11 is 0. The molecular weight excluding hydrogens is 591 g/mol. The number of benzene rings is 1. The van der Waals surface area contributed by atoms with E-state index in [-0.39, 0.29) is 35.4 Å². The van der Waals surface area contributed by atoms with E-state index in [1.165, 1.54) is 17.8 Å². The molecule has 6 N–H and O–H groups in total. The first-order valence-corrected chi connectivity index (χ1v) is 14.7. The number of para-hydroxylation sites is 1. The number of hydrogen-bond donors (Lipinski definition) is 5. The Kier molecular flexibility index (Phi) is 11.0. The Morgan fingerprint density at radius 3 is 2.35 bits per heavy atom. The summed E-state index contributed by atoms with van der Waals surface area (Å²) in [5, 5.41) is 30.6. The molecule has 0 radical (unpaired) electrons. The number of imidazole rings is 1. The van der Waals surface area contributed by atoms with Crippen LogP contribution in [0.2, 0.25) is 0 Å². The predicted molar refractivity (Wildman–Crippen MR) is 149 cm³/mol. The molecule has 18 heteroatoms. The van der Waals surface area contributed by atoms with Gasteiger partial charge in [-0.15, -0.1) is 0 Å². The van der Waals surface area contributed by atoms with Crippen LogP contribution in [-0.2, 0) is 35.0 Å². The zero-order valence-electron chi connectivity index (χ0n) is 23.7. The van der Waals surface area contributed by atoms with E-state index in [1.54, 1.807) is 51.1 Å². The molecule has 0 saturated heterocycles. The number of carbonyl (C=O) groups excluding carboxylic acids is 1. The first-order valence-electron chi connectivity index (χ1n) is 12.9. The summed E-state index contributed by atoms with van der Waals surface area (Å²) < 4.78 is 37.1. The lowest BCUT2D eigenvalue weighted by atomic mass is 10.2. The van der Waals surface area contributed by atoms with Crippen molar-refractivity contribution < 1.29 is 53.0 Å². The second-order valence-corrected chi connectivity index (χ2v) is 11.7. The van der Waals surface area contributed by atoms with Crippen molar-refractivity contribution in [3.8, 4) is 11.8 Å². The number of aliphatic hydroxyl groups is 1. The summed E-state index contributed by atoms with van der Waals surface area (Å²) in [7, 11) is -3.84. The molecule has 3 aromatic rings. The highest BCUT2D eigenvalue weighted by atomic mass is 31.2. The van der Waals surface area contributed by atoms with Gasteiger partial charge in [0.25, 0.3) is 0 Å². The molecule has 5 atom stereocenters. The van der Waals surface area contributed by atoms with Crippen molar-refractivity contribution in [3.05, 3.63) is 36.7 Å². The summed E-state index contributed by atoms with van der Waals surface area (Å²) in [6.07, 6.45) is -4.77. The summed E-state index contributed by atoms with van der Waals surface area (Å²) in [6.45, 7) is 6.57. The van der Waals surface area contributed by atoms with E-state index in [1.807, 2.05) is 0 Å². The van der Waals surface area contributed by atoms with Crippen molar-refractivity contribution in [2.75, 3.05) is 12.1 Å². The maximum Gasteiger partial charge on any atom is 0.348 e. The number of carbonyl (C=O) groups is 3. The Bertz CT molecular complexity index is 1490. The van der Waals surface area contributed by atoms with Crippen LogP contribution < -0.4 is 20.1 Å². The smallest absolute Gasteiger partial charge is 0.348 e. The lowest BCUT2D eigenvalue weighted by Crippen LogP contribution is -2.44. The first-order chi connectivity index (χ1) is 20.2. The maximum atomic E-state index is 13.8. The molecule has 0 fully saturated rings. The lowest BCUT2D eigenvalue weighted by Gasteiger charge is -2.25. The number of carboxylic acids is 2. The van der Waals surface area contributed by atoms with E-state index in [0.717, 1.165) is 0 Å². The second-order valence-electron chi connectivity index (χ2n) is 9.64. The van der Waals surface area contributed by atoms with Crippen LogP contribution >= 0.6 is 7.52 Å². The van der Waals surface area contributed by atoms with Crippen LogP contribution in [0.4, 0.5) is 5.82 Å². The second kappa shape index (κ2) is 14.2. The fourth-order valence-corrected chi connectivity index (χ4v) is 5.39. The molecule has 3 rings (SSSR count). The molecular formula is C25H33N6O11P. The van der Waals surface area contributed by atoms with Gasteiger partial charge in [-0.2, -0.15) is 9.97 Å². The molecule has 0 amide bonds. The average Bonchev–Trinajstić information content (AvgIpc) is 3.33. The van der Waals surface area contributed by atoms with Gasteiger partial charge in [-0.05, 0) is 39.8 Å². The number of esters is 1. The number of nitrogens with one attached hydrogen (secondary N) is 1. The number of aliphatic carboxylic acids is 2. The van der Waals surface area contributed by atoms with E-state index < -0.39 is 62.1 Å². The Labute approximate surface area is 245 Å². The number of nitrogens with two attached hydrogens (primary N) is 1. The van der Waals surface area contributed by atoms with Crippen molar-refractivity contribution in [2.24, 2.45) is 0 Å². The van der Waals surface area contributed by atoms with E-state index >= 15 is 0 Å². The molecule has 17 nitrogen and oxygen atoms in total. The van der Waals surface area contributed by atoms with Gasteiger partial charge >= 0.3 is 31.4 Å². The van der Waals surface area contributed by atoms with Gasteiger partial charge in [0.1, 0.15) is 18.1 Å². The normalized spacial score (nSPS) is 15.7. The van der Waals surface area contributed by atoms with Gasteiger partial charge in [-0.3, -0.25) is 9.36 Å².